The van der Waals surface area contributed by atoms with E-state index in [2.05, 4.69) is 15.4 Å². The Labute approximate surface area is 106 Å². The van der Waals surface area contributed by atoms with Crippen LogP contribution in [0.25, 0.3) is 0 Å². The Bertz CT molecular complexity index is 533. The molecule has 0 bridgehead atoms. The van der Waals surface area contributed by atoms with Crippen molar-refractivity contribution in [2.24, 2.45) is 5.84 Å². The van der Waals surface area contributed by atoms with Gasteiger partial charge in [0.1, 0.15) is 5.82 Å². The molecule has 0 fully saturated rings. The molecule has 2 rings (SSSR count). The summed E-state index contributed by atoms with van der Waals surface area (Å²) >= 11 is 0. The molecule has 0 amide bonds. The number of aromatic nitrogens is 2. The molecule has 0 saturated heterocycles. The lowest BCUT2D eigenvalue weighted by atomic mass is 9.97. The highest BCUT2D eigenvalue weighted by atomic mass is 15.2. The van der Waals surface area contributed by atoms with Gasteiger partial charge in [-0.15, -0.1) is 0 Å². The second-order valence-corrected chi connectivity index (χ2v) is 4.23. The third-order valence-electron chi connectivity index (χ3n) is 3.02. The average molecular weight is 243 g/mol. The van der Waals surface area contributed by atoms with Gasteiger partial charge in [0.2, 0.25) is 0 Å². The molecule has 0 aliphatic carbocycles. The molecule has 0 spiro atoms. The minimum Gasteiger partial charge on any atom is -0.383 e. The molecular weight excluding hydrogens is 226 g/mol. The van der Waals surface area contributed by atoms with Crippen LogP contribution in [0.15, 0.2) is 30.6 Å². The van der Waals surface area contributed by atoms with E-state index in [1.54, 1.807) is 12.4 Å². The Morgan fingerprint density at radius 3 is 2.50 bits per heavy atom. The number of pyridine rings is 2. The van der Waals surface area contributed by atoms with Crippen LogP contribution >= 0.6 is 0 Å². The van der Waals surface area contributed by atoms with E-state index >= 15 is 0 Å². The quantitative estimate of drug-likeness (QED) is 0.557. The van der Waals surface area contributed by atoms with Crippen LogP contribution in [-0.2, 0) is 0 Å². The fourth-order valence-corrected chi connectivity index (χ4v) is 2.07. The lowest BCUT2D eigenvalue weighted by Crippen LogP contribution is -2.31. The summed E-state index contributed by atoms with van der Waals surface area (Å²) in [6.07, 6.45) is 3.43. The Balaban J connectivity index is 2.56. The molecule has 94 valence electrons. The minimum atomic E-state index is -0.250. The van der Waals surface area contributed by atoms with Gasteiger partial charge in [0.15, 0.2) is 0 Å². The number of aryl methyl sites for hydroxylation is 2. The summed E-state index contributed by atoms with van der Waals surface area (Å²) in [5, 5.41) is 0. The highest BCUT2D eigenvalue weighted by molar-refractivity contribution is 5.49. The Morgan fingerprint density at radius 2 is 1.89 bits per heavy atom. The molecule has 5 N–H and O–H groups in total. The smallest absolute Gasteiger partial charge is 0.128 e. The Hall–Kier alpha value is -1.98. The van der Waals surface area contributed by atoms with Gasteiger partial charge in [-0.25, -0.2) is 10.4 Å². The van der Waals surface area contributed by atoms with E-state index in [0.29, 0.717) is 5.82 Å². The van der Waals surface area contributed by atoms with Gasteiger partial charge in [0.25, 0.3) is 0 Å². The highest BCUT2D eigenvalue weighted by Crippen LogP contribution is 2.28. The van der Waals surface area contributed by atoms with E-state index in [0.717, 1.165) is 22.4 Å². The molecule has 2 aromatic heterocycles. The third kappa shape index (κ3) is 2.18. The average Bonchev–Trinajstić information content (AvgIpc) is 2.35. The van der Waals surface area contributed by atoms with Gasteiger partial charge in [0, 0.05) is 18.0 Å². The van der Waals surface area contributed by atoms with Crippen LogP contribution in [0.5, 0.6) is 0 Å². The minimum absolute atomic E-state index is 0.250. The van der Waals surface area contributed by atoms with Crippen LogP contribution in [-0.4, -0.2) is 9.97 Å². The van der Waals surface area contributed by atoms with Crippen LogP contribution in [0, 0.1) is 13.8 Å². The SMILES string of the molecule is Cc1cccnc1C(NN)c1c(C)ccnc1N. The summed E-state index contributed by atoms with van der Waals surface area (Å²) in [5.74, 6) is 6.15. The number of nitrogens with zero attached hydrogens (tertiary/aromatic N) is 2. The second-order valence-electron chi connectivity index (χ2n) is 4.23. The molecule has 0 aliphatic heterocycles. The van der Waals surface area contributed by atoms with Gasteiger partial charge in [-0.05, 0) is 37.1 Å². The van der Waals surface area contributed by atoms with Gasteiger partial charge >= 0.3 is 0 Å². The number of nitrogen functional groups attached to an aromatic ring is 1. The molecular formula is C13H17N5. The largest absolute Gasteiger partial charge is 0.383 e. The van der Waals surface area contributed by atoms with Crippen LogP contribution < -0.4 is 17.0 Å². The first kappa shape index (κ1) is 12.5. The topological polar surface area (TPSA) is 89.8 Å². The van der Waals surface area contributed by atoms with Crippen molar-refractivity contribution in [3.8, 4) is 0 Å². The molecule has 18 heavy (non-hydrogen) atoms. The molecule has 0 saturated carbocycles. The summed E-state index contributed by atoms with van der Waals surface area (Å²) in [7, 11) is 0. The van der Waals surface area contributed by atoms with E-state index in [-0.39, 0.29) is 6.04 Å². The number of hydrogen-bond donors (Lipinski definition) is 3. The maximum Gasteiger partial charge on any atom is 0.128 e. The summed E-state index contributed by atoms with van der Waals surface area (Å²) in [5.41, 5.74) is 12.6. The Kier molecular flexibility index (Phi) is 3.55. The lowest BCUT2D eigenvalue weighted by Gasteiger charge is -2.20. The zero-order valence-electron chi connectivity index (χ0n) is 10.5. The molecule has 0 radical (unpaired) electrons. The van der Waals surface area contributed by atoms with E-state index in [9.17, 15) is 0 Å². The van der Waals surface area contributed by atoms with Crippen molar-refractivity contribution < 1.29 is 0 Å². The van der Waals surface area contributed by atoms with Crippen molar-refractivity contribution >= 4 is 5.82 Å². The number of nitrogens with one attached hydrogen (secondary N) is 1. The van der Waals surface area contributed by atoms with Gasteiger partial charge in [-0.3, -0.25) is 10.8 Å². The van der Waals surface area contributed by atoms with E-state index in [1.165, 1.54) is 0 Å². The lowest BCUT2D eigenvalue weighted by molar-refractivity contribution is 0.614. The van der Waals surface area contributed by atoms with Crippen molar-refractivity contribution in [2.75, 3.05) is 5.73 Å². The van der Waals surface area contributed by atoms with Crippen molar-refractivity contribution in [1.82, 2.24) is 15.4 Å². The maximum atomic E-state index is 5.95. The normalized spacial score (nSPS) is 12.4. The molecule has 2 aromatic rings. The van der Waals surface area contributed by atoms with Crippen LogP contribution in [0.4, 0.5) is 5.82 Å². The predicted octanol–water partition coefficient (Wildman–Crippen LogP) is 1.23. The number of anilines is 1. The number of rotatable bonds is 3. The molecule has 5 nitrogen and oxygen atoms in total. The van der Waals surface area contributed by atoms with Crippen molar-refractivity contribution in [2.45, 2.75) is 19.9 Å². The monoisotopic (exact) mass is 243 g/mol. The second kappa shape index (κ2) is 5.12. The first-order valence-corrected chi connectivity index (χ1v) is 5.73. The maximum absolute atomic E-state index is 5.95. The van der Waals surface area contributed by atoms with Crippen LogP contribution in [0.3, 0.4) is 0 Å². The van der Waals surface area contributed by atoms with Crippen molar-refractivity contribution in [3.05, 3.63) is 53.0 Å². The summed E-state index contributed by atoms with van der Waals surface area (Å²) in [6.45, 7) is 3.98. The summed E-state index contributed by atoms with van der Waals surface area (Å²) in [6, 6.07) is 5.55. The standard InChI is InChI=1S/C13H17N5/c1-8-5-7-17-13(14)10(8)12(18-15)11-9(2)4-3-6-16-11/h3-7,12,18H,15H2,1-2H3,(H2,14,17). The van der Waals surface area contributed by atoms with Crippen molar-refractivity contribution in [3.63, 3.8) is 0 Å². The fraction of sp³-hybridized carbons (Fsp3) is 0.231. The van der Waals surface area contributed by atoms with E-state index in [4.69, 9.17) is 11.6 Å². The summed E-state index contributed by atoms with van der Waals surface area (Å²) < 4.78 is 0. The van der Waals surface area contributed by atoms with Crippen LogP contribution in [0.2, 0.25) is 0 Å². The zero-order valence-corrected chi connectivity index (χ0v) is 10.5. The van der Waals surface area contributed by atoms with Gasteiger partial charge in [0.05, 0.1) is 11.7 Å². The van der Waals surface area contributed by atoms with E-state index in [1.807, 2.05) is 32.0 Å². The van der Waals surface area contributed by atoms with Gasteiger partial charge in [-0.1, -0.05) is 6.07 Å². The molecule has 0 aliphatic rings. The number of hydrazine groups is 1. The first-order valence-electron chi connectivity index (χ1n) is 5.73. The Morgan fingerprint density at radius 1 is 1.11 bits per heavy atom. The molecule has 5 heteroatoms. The number of nitrogens with two attached hydrogens (primary N) is 2. The van der Waals surface area contributed by atoms with E-state index < -0.39 is 0 Å². The molecule has 1 unspecified atom stereocenters. The molecule has 1 atom stereocenters. The van der Waals surface area contributed by atoms with Gasteiger partial charge in [-0.2, -0.15) is 0 Å². The molecule has 2 heterocycles. The summed E-state index contributed by atoms with van der Waals surface area (Å²) in [4.78, 5) is 8.50. The van der Waals surface area contributed by atoms with Gasteiger partial charge < -0.3 is 5.73 Å². The first-order chi connectivity index (χ1) is 8.65. The predicted molar refractivity (Wildman–Crippen MR) is 71.5 cm³/mol. The highest BCUT2D eigenvalue weighted by Gasteiger charge is 2.20. The molecule has 0 aromatic carbocycles. The zero-order chi connectivity index (χ0) is 13.1. The fourth-order valence-electron chi connectivity index (χ4n) is 2.07. The van der Waals surface area contributed by atoms with Crippen molar-refractivity contribution in [1.29, 1.82) is 0 Å². The number of hydrogen-bond acceptors (Lipinski definition) is 5. The third-order valence-corrected chi connectivity index (χ3v) is 3.02. The van der Waals surface area contributed by atoms with Crippen LogP contribution in [0.1, 0.15) is 28.4 Å².